The lowest BCUT2D eigenvalue weighted by Gasteiger charge is -2.06. The molecule has 0 atom stereocenters. The number of amides is 1. The van der Waals surface area contributed by atoms with Gasteiger partial charge in [0.25, 0.3) is 5.91 Å². The molecule has 0 bridgehead atoms. The number of aliphatic carboxylic acids is 1. The van der Waals surface area contributed by atoms with Crippen molar-refractivity contribution in [3.8, 4) is 0 Å². The van der Waals surface area contributed by atoms with E-state index in [9.17, 15) is 14.4 Å². The largest absolute Gasteiger partial charge is 0.481 e. The van der Waals surface area contributed by atoms with E-state index in [1.54, 1.807) is 48.5 Å². The molecule has 2 rings (SSSR count). The van der Waals surface area contributed by atoms with E-state index in [1.165, 1.54) is 0 Å². The Morgan fingerprint density at radius 3 is 2.00 bits per heavy atom. The van der Waals surface area contributed by atoms with Crippen molar-refractivity contribution in [2.24, 2.45) is 0 Å². The van der Waals surface area contributed by atoms with E-state index in [0.29, 0.717) is 21.8 Å². The normalized spacial score (nSPS) is 10.1. The van der Waals surface area contributed by atoms with Crippen molar-refractivity contribution in [3.63, 3.8) is 0 Å². The summed E-state index contributed by atoms with van der Waals surface area (Å²) in [5.74, 6) is -1.54. The van der Waals surface area contributed by atoms with Crippen LogP contribution in [0.2, 0.25) is 5.02 Å². The molecule has 0 aromatic heterocycles. The zero-order valence-corrected chi connectivity index (χ0v) is 12.8. The molecule has 0 radical (unpaired) electrons. The minimum Gasteiger partial charge on any atom is -0.481 e. The third kappa shape index (κ3) is 4.93. The van der Waals surface area contributed by atoms with Crippen LogP contribution in [0.15, 0.2) is 48.5 Å². The van der Waals surface area contributed by atoms with E-state index in [-0.39, 0.29) is 24.5 Å². The molecule has 0 aliphatic rings. The van der Waals surface area contributed by atoms with Crippen LogP contribution >= 0.6 is 11.6 Å². The Bertz CT molecular complexity index is 723. The van der Waals surface area contributed by atoms with Crippen LogP contribution in [0.25, 0.3) is 0 Å². The van der Waals surface area contributed by atoms with Crippen molar-refractivity contribution < 1.29 is 19.5 Å². The van der Waals surface area contributed by atoms with Crippen LogP contribution in [-0.4, -0.2) is 22.8 Å². The molecule has 1 amide bonds. The van der Waals surface area contributed by atoms with Gasteiger partial charge in [-0.05, 0) is 48.5 Å². The zero-order chi connectivity index (χ0) is 16.8. The Kier molecular flexibility index (Phi) is 5.49. The molecular weight excluding hydrogens is 318 g/mol. The summed E-state index contributed by atoms with van der Waals surface area (Å²) in [7, 11) is 0. The van der Waals surface area contributed by atoms with E-state index >= 15 is 0 Å². The molecular formula is C17H14ClNO4. The number of hydrogen-bond acceptors (Lipinski definition) is 3. The van der Waals surface area contributed by atoms with Crippen LogP contribution in [0.5, 0.6) is 0 Å². The highest BCUT2D eigenvalue weighted by atomic mass is 35.5. The number of rotatable bonds is 6. The van der Waals surface area contributed by atoms with Gasteiger partial charge in [0.1, 0.15) is 0 Å². The quantitative estimate of drug-likeness (QED) is 0.791. The maximum Gasteiger partial charge on any atom is 0.303 e. The van der Waals surface area contributed by atoms with Gasteiger partial charge in [-0.2, -0.15) is 0 Å². The van der Waals surface area contributed by atoms with Crippen LogP contribution in [0.1, 0.15) is 33.6 Å². The minimum absolute atomic E-state index is 0.0498. The summed E-state index contributed by atoms with van der Waals surface area (Å²) < 4.78 is 0. The predicted octanol–water partition coefficient (Wildman–Crippen LogP) is 3.64. The number of anilines is 1. The van der Waals surface area contributed by atoms with Gasteiger partial charge in [-0.3, -0.25) is 14.4 Å². The van der Waals surface area contributed by atoms with Crippen molar-refractivity contribution >= 4 is 34.9 Å². The molecule has 2 aromatic rings. The monoisotopic (exact) mass is 331 g/mol. The second kappa shape index (κ2) is 7.56. The van der Waals surface area contributed by atoms with Gasteiger partial charge in [0.2, 0.25) is 0 Å². The lowest BCUT2D eigenvalue weighted by Crippen LogP contribution is -2.11. The molecule has 0 aliphatic carbocycles. The molecule has 0 spiro atoms. The third-order valence-electron chi connectivity index (χ3n) is 3.14. The SMILES string of the molecule is O=C(O)CCC(=O)c1ccc(NC(=O)c2ccc(Cl)cc2)cc1. The summed E-state index contributed by atoms with van der Waals surface area (Å²) >= 11 is 5.77. The number of carboxylic acid groups (broad SMARTS) is 1. The van der Waals surface area contributed by atoms with Gasteiger partial charge in [0, 0.05) is 28.3 Å². The summed E-state index contributed by atoms with van der Waals surface area (Å²) in [4.78, 5) is 34.3. The fourth-order valence-electron chi connectivity index (χ4n) is 1.91. The van der Waals surface area contributed by atoms with Crippen molar-refractivity contribution in [1.82, 2.24) is 0 Å². The van der Waals surface area contributed by atoms with Gasteiger partial charge in [0.05, 0.1) is 6.42 Å². The number of carboxylic acids is 1. The van der Waals surface area contributed by atoms with Crippen LogP contribution < -0.4 is 5.32 Å². The van der Waals surface area contributed by atoms with Crippen LogP contribution in [0.3, 0.4) is 0 Å². The second-order valence-corrected chi connectivity index (χ2v) is 5.29. The Labute approximate surface area is 137 Å². The third-order valence-corrected chi connectivity index (χ3v) is 3.39. The first kappa shape index (κ1) is 16.7. The van der Waals surface area contributed by atoms with Crippen molar-refractivity contribution in [2.45, 2.75) is 12.8 Å². The van der Waals surface area contributed by atoms with E-state index in [1.807, 2.05) is 0 Å². The molecule has 118 valence electrons. The van der Waals surface area contributed by atoms with Gasteiger partial charge in [-0.25, -0.2) is 0 Å². The predicted molar refractivity (Wildman–Crippen MR) is 87.0 cm³/mol. The van der Waals surface area contributed by atoms with Gasteiger partial charge in [0.15, 0.2) is 5.78 Å². The van der Waals surface area contributed by atoms with E-state index in [2.05, 4.69) is 5.32 Å². The number of nitrogens with one attached hydrogen (secondary N) is 1. The van der Waals surface area contributed by atoms with Crippen molar-refractivity contribution in [3.05, 3.63) is 64.7 Å². The smallest absolute Gasteiger partial charge is 0.303 e. The first-order valence-corrected chi connectivity index (χ1v) is 7.25. The molecule has 2 aromatic carbocycles. The molecule has 23 heavy (non-hydrogen) atoms. The standard InChI is InChI=1S/C17H14ClNO4/c18-13-5-1-12(2-6-13)17(23)19-14-7-3-11(4-8-14)15(20)9-10-16(21)22/h1-8H,9-10H2,(H,19,23)(H,21,22). The van der Waals surface area contributed by atoms with Gasteiger partial charge in [-0.1, -0.05) is 11.6 Å². The summed E-state index contributed by atoms with van der Waals surface area (Å²) in [6.07, 6.45) is -0.250. The Hall–Kier alpha value is -2.66. The number of carbonyl (C=O) groups excluding carboxylic acids is 2. The second-order valence-electron chi connectivity index (χ2n) is 4.86. The molecule has 0 unspecified atom stereocenters. The molecule has 2 N–H and O–H groups in total. The van der Waals surface area contributed by atoms with E-state index in [4.69, 9.17) is 16.7 Å². The summed E-state index contributed by atoms with van der Waals surface area (Å²) in [5.41, 5.74) is 1.42. The summed E-state index contributed by atoms with van der Waals surface area (Å²) in [5, 5.41) is 11.8. The zero-order valence-electron chi connectivity index (χ0n) is 12.1. The van der Waals surface area contributed by atoms with Crippen LogP contribution in [0, 0.1) is 0 Å². The average Bonchev–Trinajstić information content (AvgIpc) is 2.54. The molecule has 0 saturated carbocycles. The number of ketones is 1. The fraction of sp³-hybridized carbons (Fsp3) is 0.118. The number of Topliss-reactive ketones (excluding diaryl/α,β-unsaturated/α-hetero) is 1. The number of hydrogen-bond donors (Lipinski definition) is 2. The number of benzene rings is 2. The number of carbonyl (C=O) groups is 3. The maximum absolute atomic E-state index is 12.0. The average molecular weight is 332 g/mol. The van der Waals surface area contributed by atoms with Crippen LogP contribution in [0.4, 0.5) is 5.69 Å². The van der Waals surface area contributed by atoms with Crippen molar-refractivity contribution in [1.29, 1.82) is 0 Å². The Morgan fingerprint density at radius 2 is 1.43 bits per heavy atom. The highest BCUT2D eigenvalue weighted by molar-refractivity contribution is 6.30. The molecule has 6 heteroatoms. The fourth-order valence-corrected chi connectivity index (χ4v) is 2.03. The van der Waals surface area contributed by atoms with Crippen LogP contribution in [-0.2, 0) is 4.79 Å². The molecule has 5 nitrogen and oxygen atoms in total. The highest BCUT2D eigenvalue weighted by Gasteiger charge is 2.10. The topological polar surface area (TPSA) is 83.5 Å². The first-order valence-electron chi connectivity index (χ1n) is 6.87. The summed E-state index contributed by atoms with van der Waals surface area (Å²) in [6, 6.07) is 12.8. The van der Waals surface area contributed by atoms with Gasteiger partial charge in [-0.15, -0.1) is 0 Å². The Balaban J connectivity index is 1.99. The highest BCUT2D eigenvalue weighted by Crippen LogP contribution is 2.15. The lowest BCUT2D eigenvalue weighted by molar-refractivity contribution is -0.136. The number of halogens is 1. The first-order chi connectivity index (χ1) is 11.0. The maximum atomic E-state index is 12.0. The van der Waals surface area contributed by atoms with E-state index in [0.717, 1.165) is 0 Å². The molecule has 0 heterocycles. The summed E-state index contributed by atoms with van der Waals surface area (Å²) in [6.45, 7) is 0. The molecule has 0 aliphatic heterocycles. The lowest BCUT2D eigenvalue weighted by atomic mass is 10.1. The van der Waals surface area contributed by atoms with E-state index < -0.39 is 5.97 Å². The molecule has 0 fully saturated rings. The van der Waals surface area contributed by atoms with Crippen molar-refractivity contribution in [2.75, 3.05) is 5.32 Å². The molecule has 0 saturated heterocycles. The van der Waals surface area contributed by atoms with Gasteiger partial charge < -0.3 is 10.4 Å². The van der Waals surface area contributed by atoms with Gasteiger partial charge >= 0.3 is 5.97 Å². The Morgan fingerprint density at radius 1 is 0.870 bits per heavy atom. The minimum atomic E-state index is -1.01.